The van der Waals surface area contributed by atoms with E-state index in [1.165, 1.54) is 6.07 Å². The molecule has 1 aliphatic heterocycles. The summed E-state index contributed by atoms with van der Waals surface area (Å²) in [4.78, 5) is 13.0. The van der Waals surface area contributed by atoms with Gasteiger partial charge >= 0.3 is 5.97 Å². The maximum Gasteiger partial charge on any atom is 0.335 e. The number of carboxylic acid groups (broad SMARTS) is 1. The summed E-state index contributed by atoms with van der Waals surface area (Å²) in [5.74, 6) is -0.961. The van der Waals surface area contributed by atoms with Crippen LogP contribution in [0.15, 0.2) is 18.2 Å². The summed E-state index contributed by atoms with van der Waals surface area (Å²) in [5, 5.41) is 9.38. The van der Waals surface area contributed by atoms with E-state index in [9.17, 15) is 4.79 Å². The first kappa shape index (κ1) is 11.2. The number of rotatable bonds is 2. The van der Waals surface area contributed by atoms with Crippen LogP contribution in [0.25, 0.3) is 0 Å². The van der Waals surface area contributed by atoms with Gasteiger partial charge in [0.2, 0.25) is 0 Å². The van der Waals surface area contributed by atoms with Crippen molar-refractivity contribution in [2.75, 3.05) is 31.2 Å². The van der Waals surface area contributed by atoms with Crippen LogP contribution < -0.4 is 4.90 Å². The number of hydrogen-bond donors (Lipinski definition) is 1. The molecule has 16 heavy (non-hydrogen) atoms. The second-order valence-corrected chi connectivity index (χ2v) is 4.04. The molecule has 0 aromatic heterocycles. The van der Waals surface area contributed by atoms with Crippen LogP contribution in [0.1, 0.15) is 10.4 Å². The number of hydrogen-bond acceptors (Lipinski definition) is 3. The third-order valence-corrected chi connectivity index (χ3v) is 2.72. The fourth-order valence-electron chi connectivity index (χ4n) is 1.70. The zero-order valence-electron chi connectivity index (χ0n) is 8.65. The number of aromatic carboxylic acids is 1. The van der Waals surface area contributed by atoms with Crippen LogP contribution in [-0.4, -0.2) is 37.4 Å². The van der Waals surface area contributed by atoms with Crippen LogP contribution in [0, 0.1) is 0 Å². The van der Waals surface area contributed by atoms with E-state index in [0.29, 0.717) is 18.2 Å². The molecule has 0 radical (unpaired) electrons. The summed E-state index contributed by atoms with van der Waals surface area (Å²) in [6.07, 6.45) is 0. The van der Waals surface area contributed by atoms with Crippen molar-refractivity contribution in [2.24, 2.45) is 0 Å². The highest BCUT2D eigenvalue weighted by atomic mass is 35.5. The van der Waals surface area contributed by atoms with Gasteiger partial charge in [-0.25, -0.2) is 4.79 Å². The fourth-order valence-corrected chi connectivity index (χ4v) is 1.93. The highest BCUT2D eigenvalue weighted by molar-refractivity contribution is 6.31. The number of carbonyl (C=O) groups is 1. The third-order valence-electron chi connectivity index (χ3n) is 2.51. The summed E-state index contributed by atoms with van der Waals surface area (Å²) in [5.41, 5.74) is 1.06. The van der Waals surface area contributed by atoms with Gasteiger partial charge in [-0.2, -0.15) is 0 Å². The van der Waals surface area contributed by atoms with E-state index in [1.807, 2.05) is 0 Å². The van der Waals surface area contributed by atoms with Crippen LogP contribution in [0.4, 0.5) is 5.69 Å². The minimum atomic E-state index is -0.961. The molecule has 0 unspecified atom stereocenters. The van der Waals surface area contributed by atoms with Gasteiger partial charge in [-0.15, -0.1) is 0 Å². The lowest BCUT2D eigenvalue weighted by Crippen LogP contribution is -2.36. The standard InChI is InChI=1S/C11H12ClNO3/c12-9-5-8(11(14)15)6-10(7-9)13-1-3-16-4-2-13/h5-7H,1-4H2,(H,14,15). The van der Waals surface area contributed by atoms with Crippen molar-refractivity contribution >= 4 is 23.3 Å². The normalized spacial score (nSPS) is 16.2. The average molecular weight is 242 g/mol. The average Bonchev–Trinajstić information content (AvgIpc) is 2.29. The zero-order chi connectivity index (χ0) is 11.5. The Kier molecular flexibility index (Phi) is 3.31. The lowest BCUT2D eigenvalue weighted by molar-refractivity contribution is 0.0697. The van der Waals surface area contributed by atoms with Gasteiger partial charge in [-0.1, -0.05) is 11.6 Å². The quantitative estimate of drug-likeness (QED) is 0.859. The first-order chi connectivity index (χ1) is 7.66. The zero-order valence-corrected chi connectivity index (χ0v) is 9.41. The molecule has 0 aliphatic carbocycles. The van der Waals surface area contributed by atoms with E-state index in [0.717, 1.165) is 18.8 Å². The maximum absolute atomic E-state index is 10.9. The Bertz CT molecular complexity index is 402. The molecule has 1 aliphatic rings. The summed E-state index contributed by atoms with van der Waals surface area (Å²) in [7, 11) is 0. The Morgan fingerprint density at radius 3 is 2.62 bits per heavy atom. The maximum atomic E-state index is 10.9. The molecule has 5 heteroatoms. The van der Waals surface area contributed by atoms with E-state index in [-0.39, 0.29) is 5.56 Å². The second kappa shape index (κ2) is 4.72. The molecular formula is C11H12ClNO3. The van der Waals surface area contributed by atoms with E-state index in [4.69, 9.17) is 21.4 Å². The predicted octanol–water partition coefficient (Wildman–Crippen LogP) is 1.87. The number of halogens is 1. The van der Waals surface area contributed by atoms with Crippen LogP contribution in [0.2, 0.25) is 5.02 Å². The van der Waals surface area contributed by atoms with Crippen molar-refractivity contribution in [3.63, 3.8) is 0 Å². The smallest absolute Gasteiger partial charge is 0.335 e. The molecule has 0 saturated carbocycles. The molecule has 1 saturated heterocycles. The molecule has 1 aromatic carbocycles. The number of carboxylic acids is 1. The van der Waals surface area contributed by atoms with Gasteiger partial charge in [0, 0.05) is 23.8 Å². The number of anilines is 1. The Hall–Kier alpha value is -1.26. The summed E-state index contributed by atoms with van der Waals surface area (Å²) in [6.45, 7) is 2.85. The van der Waals surface area contributed by atoms with Crippen molar-refractivity contribution in [1.29, 1.82) is 0 Å². The Labute approximate surface area is 98.4 Å². The van der Waals surface area contributed by atoms with E-state index in [2.05, 4.69) is 4.90 Å². The van der Waals surface area contributed by atoms with Crippen molar-refractivity contribution < 1.29 is 14.6 Å². The SMILES string of the molecule is O=C(O)c1cc(Cl)cc(N2CCOCC2)c1. The van der Waals surface area contributed by atoms with Gasteiger partial charge in [0.15, 0.2) is 0 Å². The summed E-state index contributed by atoms with van der Waals surface area (Å²) in [6, 6.07) is 4.87. The molecule has 1 fully saturated rings. The monoisotopic (exact) mass is 241 g/mol. The molecule has 1 N–H and O–H groups in total. The van der Waals surface area contributed by atoms with Gasteiger partial charge in [-0.05, 0) is 18.2 Å². The molecule has 0 bridgehead atoms. The summed E-state index contributed by atoms with van der Waals surface area (Å²) < 4.78 is 5.24. The van der Waals surface area contributed by atoms with Crippen LogP contribution in [-0.2, 0) is 4.74 Å². The first-order valence-electron chi connectivity index (χ1n) is 5.03. The number of ether oxygens (including phenoxy) is 1. The largest absolute Gasteiger partial charge is 0.478 e. The molecule has 2 rings (SSSR count). The lowest BCUT2D eigenvalue weighted by Gasteiger charge is -2.29. The Morgan fingerprint density at radius 1 is 1.31 bits per heavy atom. The minimum Gasteiger partial charge on any atom is -0.478 e. The molecule has 0 amide bonds. The van der Waals surface area contributed by atoms with Gasteiger partial charge in [0.25, 0.3) is 0 Å². The van der Waals surface area contributed by atoms with Gasteiger partial charge in [-0.3, -0.25) is 0 Å². The second-order valence-electron chi connectivity index (χ2n) is 3.60. The highest BCUT2D eigenvalue weighted by Crippen LogP contribution is 2.23. The molecule has 1 aromatic rings. The van der Waals surface area contributed by atoms with Crippen molar-refractivity contribution in [3.8, 4) is 0 Å². The topological polar surface area (TPSA) is 49.8 Å². The number of nitrogens with zero attached hydrogens (tertiary/aromatic N) is 1. The van der Waals surface area contributed by atoms with Crippen molar-refractivity contribution in [1.82, 2.24) is 0 Å². The molecule has 86 valence electrons. The molecule has 0 spiro atoms. The van der Waals surface area contributed by atoms with Crippen molar-refractivity contribution in [2.45, 2.75) is 0 Å². The van der Waals surface area contributed by atoms with Crippen LogP contribution in [0.5, 0.6) is 0 Å². The van der Waals surface area contributed by atoms with E-state index >= 15 is 0 Å². The van der Waals surface area contributed by atoms with E-state index in [1.54, 1.807) is 12.1 Å². The fraction of sp³-hybridized carbons (Fsp3) is 0.364. The predicted molar refractivity (Wildman–Crippen MR) is 61.4 cm³/mol. The van der Waals surface area contributed by atoms with Gasteiger partial charge in [0.1, 0.15) is 0 Å². The Balaban J connectivity index is 2.28. The minimum absolute atomic E-state index is 0.217. The lowest BCUT2D eigenvalue weighted by atomic mass is 10.2. The molecule has 0 atom stereocenters. The van der Waals surface area contributed by atoms with Gasteiger partial charge in [0.05, 0.1) is 18.8 Å². The summed E-state index contributed by atoms with van der Waals surface area (Å²) >= 11 is 5.89. The van der Waals surface area contributed by atoms with Crippen molar-refractivity contribution in [3.05, 3.63) is 28.8 Å². The molecule has 1 heterocycles. The number of benzene rings is 1. The Morgan fingerprint density at radius 2 is 2.00 bits per heavy atom. The van der Waals surface area contributed by atoms with Crippen LogP contribution in [0.3, 0.4) is 0 Å². The molecule has 4 nitrogen and oxygen atoms in total. The van der Waals surface area contributed by atoms with Crippen LogP contribution >= 0.6 is 11.6 Å². The first-order valence-corrected chi connectivity index (χ1v) is 5.41. The van der Waals surface area contributed by atoms with Gasteiger partial charge < -0.3 is 14.7 Å². The number of morpholine rings is 1. The van der Waals surface area contributed by atoms with E-state index < -0.39 is 5.97 Å². The third kappa shape index (κ3) is 2.46. The highest BCUT2D eigenvalue weighted by Gasteiger charge is 2.14. The molecular weight excluding hydrogens is 230 g/mol.